The first-order valence-corrected chi connectivity index (χ1v) is 10.3. The number of nitrogens with zero attached hydrogens (tertiary/aromatic N) is 1. The molecule has 3 aromatic rings. The molecule has 0 aliphatic carbocycles. The molecule has 0 radical (unpaired) electrons. The Morgan fingerprint density at radius 2 is 1.86 bits per heavy atom. The molecule has 0 saturated heterocycles. The average Bonchev–Trinajstić information content (AvgIpc) is 2.68. The molecule has 0 fully saturated rings. The highest BCUT2D eigenvalue weighted by molar-refractivity contribution is 14.1. The van der Waals surface area contributed by atoms with Gasteiger partial charge >= 0.3 is 0 Å². The Morgan fingerprint density at radius 1 is 1.07 bits per heavy atom. The summed E-state index contributed by atoms with van der Waals surface area (Å²) in [5, 5.41) is 0.689. The lowest BCUT2D eigenvalue weighted by Crippen LogP contribution is -2.01. The summed E-state index contributed by atoms with van der Waals surface area (Å²) in [6.07, 6.45) is 1.85. The zero-order valence-corrected chi connectivity index (χ0v) is 18.9. The van der Waals surface area contributed by atoms with Crippen LogP contribution < -0.4 is 9.47 Å². The van der Waals surface area contributed by atoms with E-state index in [1.54, 1.807) is 7.11 Å². The van der Waals surface area contributed by atoms with Gasteiger partial charge in [0, 0.05) is 16.8 Å². The summed E-state index contributed by atoms with van der Waals surface area (Å²) in [4.78, 5) is 4.65. The molecule has 0 N–H and O–H groups in total. The van der Waals surface area contributed by atoms with Crippen molar-refractivity contribution in [3.05, 3.63) is 85.4 Å². The minimum absolute atomic E-state index is 0.377. The van der Waals surface area contributed by atoms with Crippen LogP contribution in [-0.4, -0.2) is 13.3 Å². The van der Waals surface area contributed by atoms with Crippen molar-refractivity contribution in [2.75, 3.05) is 7.11 Å². The van der Waals surface area contributed by atoms with Crippen molar-refractivity contribution in [3.63, 3.8) is 0 Å². The van der Waals surface area contributed by atoms with E-state index in [9.17, 15) is 0 Å². The lowest BCUT2D eigenvalue weighted by molar-refractivity contribution is 0.282. The molecule has 0 heterocycles. The van der Waals surface area contributed by atoms with E-state index >= 15 is 0 Å². The van der Waals surface area contributed by atoms with Gasteiger partial charge in [-0.15, -0.1) is 0 Å². The molecule has 5 heteroatoms. The molecule has 144 valence electrons. The maximum absolute atomic E-state index is 6.22. The molecule has 0 atom stereocenters. The molecule has 3 aromatic carbocycles. The van der Waals surface area contributed by atoms with Gasteiger partial charge in [0.15, 0.2) is 11.5 Å². The summed E-state index contributed by atoms with van der Waals surface area (Å²) in [6.45, 7) is 4.50. The average molecular weight is 506 g/mol. The molecule has 0 bridgehead atoms. The van der Waals surface area contributed by atoms with E-state index in [2.05, 4.69) is 59.6 Å². The third-order valence-electron chi connectivity index (χ3n) is 4.30. The van der Waals surface area contributed by atoms with Crippen LogP contribution in [0.5, 0.6) is 11.5 Å². The lowest BCUT2D eigenvalue weighted by Gasteiger charge is -2.14. The summed E-state index contributed by atoms with van der Waals surface area (Å²) >= 11 is 8.48. The Kier molecular flexibility index (Phi) is 6.97. The number of hydrogen-bond donors (Lipinski definition) is 0. The second-order valence-corrected chi connectivity index (χ2v) is 8.03. The second kappa shape index (κ2) is 9.43. The van der Waals surface area contributed by atoms with Gasteiger partial charge in [-0.1, -0.05) is 41.9 Å². The summed E-state index contributed by atoms with van der Waals surface area (Å²) in [7, 11) is 1.64. The molecule has 0 amide bonds. The molecule has 3 nitrogen and oxygen atoms in total. The van der Waals surface area contributed by atoms with E-state index in [4.69, 9.17) is 21.1 Å². The van der Waals surface area contributed by atoms with Crippen LogP contribution in [0, 0.1) is 17.4 Å². The summed E-state index contributed by atoms with van der Waals surface area (Å²) in [6, 6.07) is 17.9. The fourth-order valence-corrected chi connectivity index (χ4v) is 3.69. The van der Waals surface area contributed by atoms with Gasteiger partial charge in [0.2, 0.25) is 0 Å². The Bertz CT molecular complexity index is 1020. The maximum Gasteiger partial charge on any atom is 0.174 e. The van der Waals surface area contributed by atoms with Gasteiger partial charge in [0.05, 0.1) is 16.4 Å². The van der Waals surface area contributed by atoms with Crippen molar-refractivity contribution in [1.29, 1.82) is 0 Å². The summed E-state index contributed by atoms with van der Waals surface area (Å²) in [5.41, 5.74) is 5.18. The van der Waals surface area contributed by atoms with Crippen LogP contribution >= 0.6 is 34.2 Å². The molecule has 28 heavy (non-hydrogen) atoms. The third-order valence-corrected chi connectivity index (χ3v) is 5.47. The largest absolute Gasteiger partial charge is 0.493 e. The third kappa shape index (κ3) is 5.06. The van der Waals surface area contributed by atoms with Gasteiger partial charge < -0.3 is 9.47 Å². The number of hydrogen-bond acceptors (Lipinski definition) is 3. The number of aliphatic imine (C=N–C) groups is 1. The SMILES string of the molecule is COc1cc(C=Nc2cc(C)ccc2C)cc(I)c1OCc1ccccc1Cl. The number of rotatable bonds is 6. The van der Waals surface area contributed by atoms with Crippen molar-refractivity contribution in [2.24, 2.45) is 4.99 Å². The molecular weight excluding hydrogens is 485 g/mol. The van der Waals surface area contributed by atoms with E-state index in [1.807, 2.05) is 42.6 Å². The molecule has 0 aliphatic heterocycles. The van der Waals surface area contributed by atoms with Crippen molar-refractivity contribution in [3.8, 4) is 11.5 Å². The lowest BCUT2D eigenvalue weighted by atomic mass is 10.1. The van der Waals surface area contributed by atoms with Crippen LogP contribution in [0.3, 0.4) is 0 Å². The smallest absolute Gasteiger partial charge is 0.174 e. The van der Waals surface area contributed by atoms with Crippen LogP contribution in [0.2, 0.25) is 5.02 Å². The van der Waals surface area contributed by atoms with Gasteiger partial charge in [-0.3, -0.25) is 4.99 Å². The van der Waals surface area contributed by atoms with E-state index < -0.39 is 0 Å². The molecule has 0 unspecified atom stereocenters. The van der Waals surface area contributed by atoms with Crippen LogP contribution in [0.15, 0.2) is 59.6 Å². The van der Waals surface area contributed by atoms with E-state index in [-0.39, 0.29) is 0 Å². The van der Waals surface area contributed by atoms with Crippen molar-refractivity contribution >= 4 is 46.1 Å². The van der Waals surface area contributed by atoms with Gasteiger partial charge in [-0.2, -0.15) is 0 Å². The van der Waals surface area contributed by atoms with Crippen molar-refractivity contribution in [1.82, 2.24) is 0 Å². The summed E-state index contributed by atoms with van der Waals surface area (Å²) < 4.78 is 12.5. The monoisotopic (exact) mass is 505 g/mol. The van der Waals surface area contributed by atoms with E-state index in [0.717, 1.165) is 25.9 Å². The summed E-state index contributed by atoms with van der Waals surface area (Å²) in [5.74, 6) is 1.37. The quantitative estimate of drug-likeness (QED) is 0.269. The van der Waals surface area contributed by atoms with Crippen LogP contribution in [0.25, 0.3) is 0 Å². The van der Waals surface area contributed by atoms with Gasteiger partial charge in [0.25, 0.3) is 0 Å². The zero-order chi connectivity index (χ0) is 20.1. The fourth-order valence-electron chi connectivity index (χ4n) is 2.72. The predicted molar refractivity (Wildman–Crippen MR) is 125 cm³/mol. The number of aryl methyl sites for hydroxylation is 2. The Labute approximate surface area is 184 Å². The Balaban J connectivity index is 1.84. The molecule has 0 saturated carbocycles. The minimum atomic E-state index is 0.377. The minimum Gasteiger partial charge on any atom is -0.493 e. The predicted octanol–water partition coefficient (Wildman–Crippen LogP) is 6.90. The first-order valence-electron chi connectivity index (χ1n) is 8.83. The first-order chi connectivity index (χ1) is 13.5. The fraction of sp³-hybridized carbons (Fsp3) is 0.174. The van der Waals surface area contributed by atoms with Crippen LogP contribution in [0.1, 0.15) is 22.3 Å². The van der Waals surface area contributed by atoms with Gasteiger partial charge in [-0.25, -0.2) is 0 Å². The Hall–Kier alpha value is -2.05. The van der Waals surface area contributed by atoms with Crippen molar-refractivity contribution < 1.29 is 9.47 Å². The highest BCUT2D eigenvalue weighted by Gasteiger charge is 2.12. The first kappa shape index (κ1) is 20.7. The molecule has 0 aliphatic rings. The normalized spacial score (nSPS) is 11.0. The van der Waals surface area contributed by atoms with Gasteiger partial charge in [0.1, 0.15) is 6.61 Å². The highest BCUT2D eigenvalue weighted by Crippen LogP contribution is 2.35. The Morgan fingerprint density at radius 3 is 2.61 bits per heavy atom. The van der Waals surface area contributed by atoms with E-state index in [1.165, 1.54) is 5.56 Å². The molecular formula is C23H21ClINO2. The van der Waals surface area contributed by atoms with Crippen LogP contribution in [0.4, 0.5) is 5.69 Å². The van der Waals surface area contributed by atoms with Gasteiger partial charge in [-0.05, 0) is 77.4 Å². The highest BCUT2D eigenvalue weighted by atomic mass is 127. The van der Waals surface area contributed by atoms with E-state index in [0.29, 0.717) is 23.1 Å². The van der Waals surface area contributed by atoms with Crippen LogP contribution in [-0.2, 0) is 6.61 Å². The number of ether oxygens (including phenoxy) is 2. The number of halogens is 2. The zero-order valence-electron chi connectivity index (χ0n) is 16.0. The topological polar surface area (TPSA) is 30.8 Å². The molecule has 0 aromatic heterocycles. The van der Waals surface area contributed by atoms with Crippen molar-refractivity contribution in [2.45, 2.75) is 20.5 Å². The molecule has 0 spiro atoms. The maximum atomic E-state index is 6.22. The second-order valence-electron chi connectivity index (χ2n) is 6.46. The number of benzene rings is 3. The molecule has 3 rings (SSSR count). The standard InChI is InChI=1S/C23H21ClINO2/c1-15-8-9-16(2)21(10-15)26-13-17-11-20(25)23(22(12-17)27-3)28-14-18-6-4-5-7-19(18)24/h4-13H,14H2,1-3H3. The number of methoxy groups -OCH3 is 1.